The van der Waals surface area contributed by atoms with E-state index in [9.17, 15) is 0 Å². The maximum absolute atomic E-state index is 5.98. The second-order valence-corrected chi connectivity index (χ2v) is 7.14. The lowest BCUT2D eigenvalue weighted by atomic mass is 9.92. The summed E-state index contributed by atoms with van der Waals surface area (Å²) in [7, 11) is 0. The zero-order valence-electron chi connectivity index (χ0n) is 14.9. The zero-order valence-corrected chi connectivity index (χ0v) is 14.9. The lowest BCUT2D eigenvalue weighted by molar-refractivity contribution is 0.409. The minimum Gasteiger partial charge on any atom is -0.350 e. The first-order chi connectivity index (χ1) is 13.3. The van der Waals surface area contributed by atoms with E-state index in [1.807, 2.05) is 47.2 Å². The third-order valence-corrected chi connectivity index (χ3v) is 5.25. The Bertz CT molecular complexity index is 1100. The molecule has 4 aromatic heterocycles. The summed E-state index contributed by atoms with van der Waals surface area (Å²) >= 11 is 0. The van der Waals surface area contributed by atoms with Crippen LogP contribution in [-0.2, 0) is 0 Å². The van der Waals surface area contributed by atoms with Crippen LogP contribution in [0.5, 0.6) is 0 Å². The average Bonchev–Trinajstić information content (AvgIpc) is 3.12. The predicted octanol–water partition coefficient (Wildman–Crippen LogP) is 3.02. The van der Waals surface area contributed by atoms with Crippen molar-refractivity contribution >= 4 is 22.5 Å². The molecule has 0 unspecified atom stereocenters. The number of nitrogens with one attached hydrogen (secondary N) is 1. The first-order valence-electron chi connectivity index (χ1n) is 9.35. The highest BCUT2D eigenvalue weighted by molar-refractivity contribution is 5.83. The van der Waals surface area contributed by atoms with E-state index in [2.05, 4.69) is 20.4 Å². The Kier molecular flexibility index (Phi) is 3.94. The Morgan fingerprint density at radius 1 is 1.00 bits per heavy atom. The molecule has 4 aromatic rings. The molecule has 0 atom stereocenters. The Morgan fingerprint density at radius 2 is 1.89 bits per heavy atom. The van der Waals surface area contributed by atoms with E-state index in [-0.39, 0.29) is 0 Å². The molecule has 1 aliphatic rings. The van der Waals surface area contributed by atoms with Crippen LogP contribution in [0.2, 0.25) is 0 Å². The molecule has 0 aromatic carbocycles. The number of fused-ring (bicyclic) bond motifs is 2. The van der Waals surface area contributed by atoms with E-state index in [1.165, 1.54) is 0 Å². The third-order valence-electron chi connectivity index (χ3n) is 5.25. The lowest BCUT2D eigenvalue weighted by Gasteiger charge is -2.26. The molecule has 0 aliphatic heterocycles. The standard InChI is InChI=1S/C20H21N7/c21-13-3-5-14(6-4-13)24-20-23-12-19-15(9-11-27(19)26-20)16-7-8-17-18(25-16)2-1-10-22-17/h1-2,7-14H,3-6,21H2,(H,24,26). The van der Waals surface area contributed by atoms with Gasteiger partial charge in [-0.3, -0.25) is 4.98 Å². The van der Waals surface area contributed by atoms with Crippen LogP contribution in [0.4, 0.5) is 5.95 Å². The summed E-state index contributed by atoms with van der Waals surface area (Å²) in [5.41, 5.74) is 10.6. The second kappa shape index (κ2) is 6.59. The van der Waals surface area contributed by atoms with E-state index >= 15 is 0 Å². The number of hydrogen-bond acceptors (Lipinski definition) is 6. The van der Waals surface area contributed by atoms with Gasteiger partial charge in [-0.05, 0) is 56.0 Å². The van der Waals surface area contributed by atoms with Gasteiger partial charge in [0, 0.05) is 30.0 Å². The zero-order chi connectivity index (χ0) is 18.2. The van der Waals surface area contributed by atoms with Crippen molar-refractivity contribution in [3.05, 3.63) is 48.9 Å². The predicted molar refractivity (Wildman–Crippen MR) is 105 cm³/mol. The van der Waals surface area contributed by atoms with Crippen molar-refractivity contribution in [1.29, 1.82) is 0 Å². The molecule has 5 rings (SSSR count). The van der Waals surface area contributed by atoms with E-state index in [0.29, 0.717) is 18.0 Å². The van der Waals surface area contributed by atoms with Crippen LogP contribution in [0.1, 0.15) is 25.7 Å². The molecule has 0 bridgehead atoms. The lowest BCUT2D eigenvalue weighted by Crippen LogP contribution is -2.33. The summed E-state index contributed by atoms with van der Waals surface area (Å²) in [6, 6.07) is 10.6. The van der Waals surface area contributed by atoms with Gasteiger partial charge in [-0.15, -0.1) is 5.10 Å². The van der Waals surface area contributed by atoms with Gasteiger partial charge in [0.25, 0.3) is 0 Å². The quantitative estimate of drug-likeness (QED) is 0.584. The van der Waals surface area contributed by atoms with Gasteiger partial charge in [0.05, 0.1) is 28.4 Å². The van der Waals surface area contributed by atoms with Crippen molar-refractivity contribution in [2.75, 3.05) is 5.32 Å². The molecule has 7 nitrogen and oxygen atoms in total. The number of pyridine rings is 2. The van der Waals surface area contributed by atoms with E-state index < -0.39 is 0 Å². The van der Waals surface area contributed by atoms with Crippen molar-refractivity contribution in [3.8, 4) is 11.3 Å². The van der Waals surface area contributed by atoms with Crippen LogP contribution >= 0.6 is 0 Å². The summed E-state index contributed by atoms with van der Waals surface area (Å²) in [6.45, 7) is 0. The number of nitrogens with zero attached hydrogens (tertiary/aromatic N) is 5. The maximum Gasteiger partial charge on any atom is 0.241 e. The number of rotatable bonds is 3. The highest BCUT2D eigenvalue weighted by Gasteiger charge is 2.19. The van der Waals surface area contributed by atoms with Gasteiger partial charge >= 0.3 is 0 Å². The van der Waals surface area contributed by atoms with Crippen molar-refractivity contribution < 1.29 is 0 Å². The SMILES string of the molecule is NC1CCC(Nc2ncc3c(-c4ccc5ncccc5n4)ccn3n2)CC1. The first kappa shape index (κ1) is 16.1. The third kappa shape index (κ3) is 3.10. The maximum atomic E-state index is 5.98. The van der Waals surface area contributed by atoms with Gasteiger partial charge < -0.3 is 11.1 Å². The van der Waals surface area contributed by atoms with Crippen LogP contribution in [0.25, 0.3) is 27.8 Å². The van der Waals surface area contributed by atoms with Gasteiger partial charge in [-0.2, -0.15) is 0 Å². The van der Waals surface area contributed by atoms with Crippen molar-refractivity contribution in [2.24, 2.45) is 5.73 Å². The number of hydrogen-bond donors (Lipinski definition) is 2. The minimum absolute atomic E-state index is 0.336. The Morgan fingerprint density at radius 3 is 2.78 bits per heavy atom. The van der Waals surface area contributed by atoms with E-state index in [1.54, 1.807) is 6.20 Å². The van der Waals surface area contributed by atoms with Crippen LogP contribution in [-0.4, -0.2) is 36.6 Å². The van der Waals surface area contributed by atoms with Gasteiger partial charge in [-0.1, -0.05) is 0 Å². The molecule has 4 heterocycles. The van der Waals surface area contributed by atoms with Crippen molar-refractivity contribution in [2.45, 2.75) is 37.8 Å². The number of anilines is 1. The molecule has 0 saturated heterocycles. The molecule has 0 spiro atoms. The van der Waals surface area contributed by atoms with Crippen molar-refractivity contribution in [3.63, 3.8) is 0 Å². The highest BCUT2D eigenvalue weighted by atomic mass is 15.3. The average molecular weight is 359 g/mol. The minimum atomic E-state index is 0.336. The fraction of sp³-hybridized carbons (Fsp3) is 0.300. The normalized spacial score (nSPS) is 20.2. The molecule has 0 amide bonds. The molecule has 1 aliphatic carbocycles. The van der Waals surface area contributed by atoms with Gasteiger partial charge in [0.2, 0.25) is 5.95 Å². The summed E-state index contributed by atoms with van der Waals surface area (Å²) in [5, 5.41) is 8.06. The van der Waals surface area contributed by atoms with E-state index in [0.717, 1.165) is 53.5 Å². The summed E-state index contributed by atoms with van der Waals surface area (Å²) < 4.78 is 1.86. The Hall–Kier alpha value is -3.06. The summed E-state index contributed by atoms with van der Waals surface area (Å²) in [5.74, 6) is 0.654. The van der Waals surface area contributed by atoms with Crippen LogP contribution < -0.4 is 11.1 Å². The smallest absolute Gasteiger partial charge is 0.241 e. The molecule has 7 heteroatoms. The fourth-order valence-electron chi connectivity index (χ4n) is 3.74. The molecule has 136 valence electrons. The summed E-state index contributed by atoms with van der Waals surface area (Å²) in [4.78, 5) is 13.6. The van der Waals surface area contributed by atoms with Crippen LogP contribution in [0.3, 0.4) is 0 Å². The van der Waals surface area contributed by atoms with Crippen LogP contribution in [0, 0.1) is 0 Å². The Balaban J connectivity index is 1.44. The molecular formula is C20H21N7. The molecule has 0 radical (unpaired) electrons. The summed E-state index contributed by atoms with van der Waals surface area (Å²) in [6.07, 6.45) is 9.81. The van der Waals surface area contributed by atoms with Crippen LogP contribution in [0.15, 0.2) is 48.9 Å². The Labute approximate surface area is 156 Å². The molecule has 1 fully saturated rings. The molecular weight excluding hydrogens is 338 g/mol. The number of aromatic nitrogens is 5. The molecule has 1 saturated carbocycles. The first-order valence-corrected chi connectivity index (χ1v) is 9.35. The van der Waals surface area contributed by atoms with Gasteiger partial charge in [-0.25, -0.2) is 14.5 Å². The monoisotopic (exact) mass is 359 g/mol. The highest BCUT2D eigenvalue weighted by Crippen LogP contribution is 2.26. The van der Waals surface area contributed by atoms with Gasteiger partial charge in [0.1, 0.15) is 0 Å². The topological polar surface area (TPSA) is 94.0 Å². The molecule has 3 N–H and O–H groups in total. The van der Waals surface area contributed by atoms with Gasteiger partial charge in [0.15, 0.2) is 0 Å². The fourth-order valence-corrected chi connectivity index (χ4v) is 3.74. The molecule has 27 heavy (non-hydrogen) atoms. The number of nitrogens with two attached hydrogens (primary N) is 1. The second-order valence-electron chi connectivity index (χ2n) is 7.14. The largest absolute Gasteiger partial charge is 0.350 e. The van der Waals surface area contributed by atoms with E-state index in [4.69, 9.17) is 10.7 Å². The van der Waals surface area contributed by atoms with Crippen molar-refractivity contribution in [1.82, 2.24) is 24.6 Å².